The fourth-order valence-electron chi connectivity index (χ4n) is 2.42. The van der Waals surface area contributed by atoms with E-state index in [1.807, 2.05) is 6.07 Å². The fraction of sp³-hybridized carbons (Fsp3) is 0.571. The molecule has 0 N–H and O–H groups in total. The van der Waals surface area contributed by atoms with Crippen LogP contribution in [-0.2, 0) is 6.54 Å². The molecule has 0 aromatic heterocycles. The zero-order chi connectivity index (χ0) is 13.1. The van der Waals surface area contributed by atoms with Gasteiger partial charge >= 0.3 is 0 Å². The van der Waals surface area contributed by atoms with Crippen molar-refractivity contribution in [2.75, 3.05) is 34.3 Å². The zero-order valence-corrected chi connectivity index (χ0v) is 12.9. The van der Waals surface area contributed by atoms with Crippen LogP contribution in [-0.4, -0.2) is 50.1 Å². The van der Waals surface area contributed by atoms with Crippen LogP contribution in [0, 0.1) is 0 Å². The molecule has 0 spiro atoms. The van der Waals surface area contributed by atoms with E-state index < -0.39 is 0 Å². The Kier molecular flexibility index (Phi) is 4.65. The number of likely N-dealkylation sites (tertiary alicyclic amines) is 1. The SMILES string of the molecule is COc1ccc(Br)c(CN2CCC(N(C)C)C2)c1. The second-order valence-electron chi connectivity index (χ2n) is 5.10. The molecule has 1 aliphatic heterocycles. The molecule has 0 bridgehead atoms. The van der Waals surface area contributed by atoms with Gasteiger partial charge in [0.2, 0.25) is 0 Å². The highest BCUT2D eigenvalue weighted by molar-refractivity contribution is 9.10. The molecule has 100 valence electrons. The average Bonchev–Trinajstić information content (AvgIpc) is 2.81. The Bertz CT molecular complexity index is 409. The number of hydrogen-bond acceptors (Lipinski definition) is 3. The van der Waals surface area contributed by atoms with Gasteiger partial charge in [-0.2, -0.15) is 0 Å². The van der Waals surface area contributed by atoms with Crippen LogP contribution in [0.15, 0.2) is 22.7 Å². The minimum Gasteiger partial charge on any atom is -0.497 e. The van der Waals surface area contributed by atoms with Gasteiger partial charge in [-0.25, -0.2) is 0 Å². The lowest BCUT2D eigenvalue weighted by atomic mass is 10.2. The van der Waals surface area contributed by atoms with Crippen LogP contribution in [0.2, 0.25) is 0 Å². The number of rotatable bonds is 4. The number of ether oxygens (including phenoxy) is 1. The summed E-state index contributed by atoms with van der Waals surface area (Å²) in [4.78, 5) is 4.82. The fourth-order valence-corrected chi connectivity index (χ4v) is 2.79. The van der Waals surface area contributed by atoms with E-state index in [1.165, 1.54) is 18.5 Å². The summed E-state index contributed by atoms with van der Waals surface area (Å²) in [5.74, 6) is 0.927. The van der Waals surface area contributed by atoms with Gasteiger partial charge in [-0.3, -0.25) is 4.90 Å². The first-order valence-electron chi connectivity index (χ1n) is 6.31. The maximum absolute atomic E-state index is 5.29. The van der Waals surface area contributed by atoms with E-state index in [9.17, 15) is 0 Å². The summed E-state index contributed by atoms with van der Waals surface area (Å²) in [5.41, 5.74) is 1.30. The molecular formula is C14H21BrN2O. The van der Waals surface area contributed by atoms with Crippen molar-refractivity contribution in [1.82, 2.24) is 9.80 Å². The lowest BCUT2D eigenvalue weighted by Gasteiger charge is -2.21. The third-order valence-corrected chi connectivity index (χ3v) is 4.40. The zero-order valence-electron chi connectivity index (χ0n) is 11.3. The maximum atomic E-state index is 5.29. The van der Waals surface area contributed by atoms with Crippen molar-refractivity contribution in [1.29, 1.82) is 0 Å². The second kappa shape index (κ2) is 6.04. The first-order valence-corrected chi connectivity index (χ1v) is 7.10. The third-order valence-electron chi connectivity index (χ3n) is 3.62. The second-order valence-corrected chi connectivity index (χ2v) is 5.95. The molecule has 1 aliphatic rings. The molecule has 2 rings (SSSR count). The Hall–Kier alpha value is -0.580. The van der Waals surface area contributed by atoms with Crippen LogP contribution < -0.4 is 4.74 Å². The number of likely N-dealkylation sites (N-methyl/N-ethyl adjacent to an activating group) is 1. The van der Waals surface area contributed by atoms with Gasteiger partial charge in [-0.05, 0) is 44.3 Å². The normalized spacial score (nSPS) is 20.6. The van der Waals surface area contributed by atoms with E-state index in [-0.39, 0.29) is 0 Å². The number of halogens is 1. The van der Waals surface area contributed by atoms with Crippen LogP contribution in [0.4, 0.5) is 0 Å². The Morgan fingerprint density at radius 1 is 1.44 bits per heavy atom. The van der Waals surface area contributed by atoms with Crippen LogP contribution in [0.3, 0.4) is 0 Å². The van der Waals surface area contributed by atoms with Crippen LogP contribution in [0.1, 0.15) is 12.0 Å². The summed E-state index contributed by atoms with van der Waals surface area (Å²) in [5, 5.41) is 0. The van der Waals surface area contributed by atoms with Gasteiger partial charge in [-0.15, -0.1) is 0 Å². The summed E-state index contributed by atoms with van der Waals surface area (Å²) >= 11 is 3.62. The summed E-state index contributed by atoms with van der Waals surface area (Å²) in [6.45, 7) is 3.31. The molecule has 1 unspecified atom stereocenters. The Labute approximate surface area is 118 Å². The van der Waals surface area contributed by atoms with Crippen LogP contribution in [0.25, 0.3) is 0 Å². The van der Waals surface area contributed by atoms with E-state index in [2.05, 4.69) is 52.0 Å². The van der Waals surface area contributed by atoms with Crippen molar-refractivity contribution >= 4 is 15.9 Å². The Balaban J connectivity index is 2.02. The van der Waals surface area contributed by atoms with Crippen molar-refractivity contribution in [2.24, 2.45) is 0 Å². The van der Waals surface area contributed by atoms with E-state index in [0.717, 1.165) is 23.3 Å². The predicted molar refractivity (Wildman–Crippen MR) is 78.1 cm³/mol. The molecule has 1 aromatic carbocycles. The molecule has 3 nitrogen and oxygen atoms in total. The first kappa shape index (κ1) is 13.8. The Morgan fingerprint density at radius 3 is 2.83 bits per heavy atom. The molecule has 1 aromatic rings. The summed E-state index contributed by atoms with van der Waals surface area (Å²) in [6.07, 6.45) is 1.26. The van der Waals surface area contributed by atoms with Gasteiger partial charge in [0.15, 0.2) is 0 Å². The largest absolute Gasteiger partial charge is 0.497 e. The highest BCUT2D eigenvalue weighted by Crippen LogP contribution is 2.25. The van der Waals surface area contributed by atoms with Crippen molar-refractivity contribution < 1.29 is 4.74 Å². The summed E-state index contributed by atoms with van der Waals surface area (Å²) in [6, 6.07) is 6.86. The first-order chi connectivity index (χ1) is 8.60. The van der Waals surface area contributed by atoms with Crippen molar-refractivity contribution in [3.63, 3.8) is 0 Å². The number of methoxy groups -OCH3 is 1. The predicted octanol–water partition coefficient (Wildman–Crippen LogP) is 2.59. The van der Waals surface area contributed by atoms with E-state index in [1.54, 1.807) is 7.11 Å². The topological polar surface area (TPSA) is 15.7 Å². The lowest BCUT2D eigenvalue weighted by molar-refractivity contribution is 0.264. The van der Waals surface area contributed by atoms with Gasteiger partial charge in [0.25, 0.3) is 0 Å². The summed E-state index contributed by atoms with van der Waals surface area (Å²) < 4.78 is 6.45. The molecule has 1 atom stereocenters. The molecule has 4 heteroatoms. The van der Waals surface area contributed by atoms with Gasteiger partial charge < -0.3 is 9.64 Å². The molecule has 1 fully saturated rings. The average molecular weight is 313 g/mol. The standard InChI is InChI=1S/C14H21BrN2O/c1-16(2)12-6-7-17(10-12)9-11-8-13(18-3)4-5-14(11)15/h4-5,8,12H,6-7,9-10H2,1-3H3. The molecule has 0 saturated carbocycles. The molecule has 18 heavy (non-hydrogen) atoms. The maximum Gasteiger partial charge on any atom is 0.119 e. The molecule has 0 amide bonds. The Morgan fingerprint density at radius 2 is 2.22 bits per heavy atom. The van der Waals surface area contributed by atoms with E-state index in [0.29, 0.717) is 6.04 Å². The molecule has 0 aliphatic carbocycles. The van der Waals surface area contributed by atoms with Crippen molar-refractivity contribution in [3.8, 4) is 5.75 Å². The molecular weight excluding hydrogens is 292 g/mol. The van der Waals surface area contributed by atoms with Gasteiger partial charge in [0, 0.05) is 30.1 Å². The van der Waals surface area contributed by atoms with Gasteiger partial charge in [0.1, 0.15) is 5.75 Å². The van der Waals surface area contributed by atoms with Gasteiger partial charge in [-0.1, -0.05) is 15.9 Å². The number of hydrogen-bond donors (Lipinski definition) is 0. The minimum atomic E-state index is 0.689. The molecule has 1 saturated heterocycles. The van der Waals surface area contributed by atoms with E-state index >= 15 is 0 Å². The van der Waals surface area contributed by atoms with Crippen LogP contribution >= 0.6 is 15.9 Å². The summed E-state index contributed by atoms with van der Waals surface area (Å²) in [7, 11) is 6.04. The quantitative estimate of drug-likeness (QED) is 0.850. The van der Waals surface area contributed by atoms with Gasteiger partial charge in [0.05, 0.1) is 7.11 Å². The number of nitrogens with zero attached hydrogens (tertiary/aromatic N) is 2. The van der Waals surface area contributed by atoms with E-state index in [4.69, 9.17) is 4.74 Å². The number of benzene rings is 1. The highest BCUT2D eigenvalue weighted by Gasteiger charge is 2.24. The van der Waals surface area contributed by atoms with Crippen LogP contribution in [0.5, 0.6) is 5.75 Å². The smallest absolute Gasteiger partial charge is 0.119 e. The lowest BCUT2D eigenvalue weighted by Crippen LogP contribution is -2.31. The third kappa shape index (κ3) is 3.25. The van der Waals surface area contributed by atoms with Crippen molar-refractivity contribution in [3.05, 3.63) is 28.2 Å². The minimum absolute atomic E-state index is 0.689. The molecule has 0 radical (unpaired) electrons. The highest BCUT2D eigenvalue weighted by atomic mass is 79.9. The van der Waals surface area contributed by atoms with Crippen molar-refractivity contribution in [2.45, 2.75) is 19.0 Å². The monoisotopic (exact) mass is 312 g/mol. The molecule has 1 heterocycles.